The van der Waals surface area contributed by atoms with Crippen molar-refractivity contribution in [3.63, 3.8) is 0 Å². The summed E-state index contributed by atoms with van der Waals surface area (Å²) >= 11 is 0. The molecule has 1 aliphatic rings. The maximum Gasteiger partial charge on any atom is 0.269 e. The molecule has 10 heavy (non-hydrogen) atoms. The van der Waals surface area contributed by atoms with Crippen LogP contribution in [-0.2, 0) is 0 Å². The second-order valence-corrected chi connectivity index (χ2v) is 2.64. The van der Waals surface area contributed by atoms with Crippen LogP contribution in [-0.4, -0.2) is 13.1 Å². The fraction of sp³-hybridized carbons (Fsp3) is 0.714. The molecule has 58 valence electrons. The molecule has 0 spiro atoms. The first-order chi connectivity index (χ1) is 4.72. The van der Waals surface area contributed by atoms with Crippen LogP contribution in [0, 0.1) is 5.92 Å². The zero-order valence-electron chi connectivity index (χ0n) is 5.95. The monoisotopic (exact) mass is 147 g/mol. The van der Waals surface area contributed by atoms with Crippen LogP contribution < -0.4 is 5.32 Å². The van der Waals surface area contributed by atoms with E-state index in [9.17, 15) is 8.78 Å². The number of halogens is 2. The minimum Gasteiger partial charge on any atom is -0.316 e. The summed E-state index contributed by atoms with van der Waals surface area (Å²) in [6.07, 6.45) is -0.974. The lowest BCUT2D eigenvalue weighted by Crippen LogP contribution is -2.30. The van der Waals surface area contributed by atoms with Crippen LogP contribution in [0.25, 0.3) is 0 Å². The summed E-state index contributed by atoms with van der Waals surface area (Å²) in [7, 11) is 0. The van der Waals surface area contributed by atoms with Crippen molar-refractivity contribution in [2.24, 2.45) is 5.92 Å². The summed E-state index contributed by atoms with van der Waals surface area (Å²) in [4.78, 5) is 0. The molecule has 1 heterocycles. The molecule has 0 radical (unpaired) electrons. The van der Waals surface area contributed by atoms with Crippen molar-refractivity contribution in [1.29, 1.82) is 0 Å². The van der Waals surface area contributed by atoms with E-state index >= 15 is 0 Å². The van der Waals surface area contributed by atoms with Gasteiger partial charge in [-0.1, -0.05) is 6.92 Å². The van der Waals surface area contributed by atoms with Gasteiger partial charge in [0, 0.05) is 12.1 Å². The lowest BCUT2D eigenvalue weighted by atomic mass is 9.96. The van der Waals surface area contributed by atoms with Gasteiger partial charge in [0.1, 0.15) is 0 Å². The van der Waals surface area contributed by atoms with Gasteiger partial charge in [0.25, 0.3) is 6.08 Å². The fourth-order valence-electron chi connectivity index (χ4n) is 1.19. The van der Waals surface area contributed by atoms with Gasteiger partial charge >= 0.3 is 0 Å². The largest absolute Gasteiger partial charge is 0.316 e. The van der Waals surface area contributed by atoms with Gasteiger partial charge in [-0.3, -0.25) is 0 Å². The maximum absolute atomic E-state index is 12.0. The Labute approximate surface area is 59.1 Å². The van der Waals surface area contributed by atoms with Crippen molar-refractivity contribution >= 4 is 0 Å². The molecule has 0 saturated carbocycles. The van der Waals surface area contributed by atoms with Gasteiger partial charge < -0.3 is 5.32 Å². The van der Waals surface area contributed by atoms with Crippen LogP contribution in [0.4, 0.5) is 8.78 Å². The lowest BCUT2D eigenvalue weighted by Gasteiger charge is -2.21. The predicted octanol–water partition coefficient (Wildman–Crippen LogP) is 1.77. The van der Waals surface area contributed by atoms with Crippen LogP contribution in [0.1, 0.15) is 13.3 Å². The molecule has 1 saturated heterocycles. The van der Waals surface area contributed by atoms with Gasteiger partial charge in [0.05, 0.1) is 0 Å². The van der Waals surface area contributed by atoms with Crippen molar-refractivity contribution in [2.75, 3.05) is 13.1 Å². The highest BCUT2D eigenvalue weighted by atomic mass is 19.3. The molecule has 0 aliphatic carbocycles. The van der Waals surface area contributed by atoms with Crippen LogP contribution in [0.15, 0.2) is 11.7 Å². The Kier molecular flexibility index (Phi) is 2.38. The molecule has 1 atom stereocenters. The van der Waals surface area contributed by atoms with Crippen LogP contribution in [0.3, 0.4) is 0 Å². The second-order valence-electron chi connectivity index (χ2n) is 2.64. The second kappa shape index (κ2) is 3.10. The zero-order valence-corrected chi connectivity index (χ0v) is 5.95. The van der Waals surface area contributed by atoms with Gasteiger partial charge in [-0.15, -0.1) is 0 Å². The molecule has 1 fully saturated rings. The van der Waals surface area contributed by atoms with E-state index in [1.165, 1.54) is 0 Å². The molecule has 1 rings (SSSR count). The van der Waals surface area contributed by atoms with E-state index in [0.717, 1.165) is 0 Å². The first kappa shape index (κ1) is 7.66. The molecular weight excluding hydrogens is 136 g/mol. The quantitative estimate of drug-likeness (QED) is 0.550. The molecular formula is C7H11F2N. The molecule has 1 unspecified atom stereocenters. The molecule has 3 heteroatoms. The van der Waals surface area contributed by atoms with Gasteiger partial charge in [0.2, 0.25) is 0 Å². The van der Waals surface area contributed by atoms with Crippen molar-refractivity contribution < 1.29 is 8.78 Å². The third kappa shape index (κ3) is 1.53. The molecule has 1 N–H and O–H groups in total. The lowest BCUT2D eigenvalue weighted by molar-refractivity contribution is 0.374. The Balaban J connectivity index is 2.65. The number of piperidine rings is 1. The van der Waals surface area contributed by atoms with Crippen LogP contribution in [0.2, 0.25) is 0 Å². The summed E-state index contributed by atoms with van der Waals surface area (Å²) in [5.41, 5.74) is 0.332. The highest BCUT2D eigenvalue weighted by Crippen LogP contribution is 2.22. The molecule has 1 aliphatic heterocycles. The Hall–Kier alpha value is -0.440. The van der Waals surface area contributed by atoms with E-state index < -0.39 is 6.08 Å². The van der Waals surface area contributed by atoms with Gasteiger partial charge in [-0.05, 0) is 18.9 Å². The van der Waals surface area contributed by atoms with Crippen molar-refractivity contribution in [3.8, 4) is 0 Å². The maximum atomic E-state index is 12.0. The highest BCUT2D eigenvalue weighted by molar-refractivity contribution is 5.09. The minimum atomic E-state index is -1.48. The topological polar surface area (TPSA) is 12.0 Å². The summed E-state index contributed by atoms with van der Waals surface area (Å²) < 4.78 is 24.0. The van der Waals surface area contributed by atoms with Gasteiger partial charge in [-0.2, -0.15) is 8.78 Å². The zero-order chi connectivity index (χ0) is 7.56. The van der Waals surface area contributed by atoms with Crippen molar-refractivity contribution in [2.45, 2.75) is 13.3 Å². The third-order valence-electron chi connectivity index (χ3n) is 1.86. The molecule has 0 bridgehead atoms. The highest BCUT2D eigenvalue weighted by Gasteiger charge is 2.17. The first-order valence-electron chi connectivity index (χ1n) is 3.46. The standard InChI is InChI=1S/C7H11F2N/c1-5-4-10-3-2-6(5)7(8)9/h5,10H,2-4H2,1H3. The van der Waals surface area contributed by atoms with E-state index in [-0.39, 0.29) is 5.92 Å². The average molecular weight is 147 g/mol. The molecule has 0 amide bonds. The molecule has 0 aromatic heterocycles. The van der Waals surface area contributed by atoms with E-state index in [4.69, 9.17) is 0 Å². The predicted molar refractivity (Wildman–Crippen MR) is 35.9 cm³/mol. The number of hydrogen-bond acceptors (Lipinski definition) is 1. The van der Waals surface area contributed by atoms with Crippen molar-refractivity contribution in [3.05, 3.63) is 11.7 Å². The van der Waals surface area contributed by atoms with Gasteiger partial charge in [-0.25, -0.2) is 0 Å². The van der Waals surface area contributed by atoms with E-state index in [1.807, 2.05) is 6.92 Å². The van der Waals surface area contributed by atoms with Crippen LogP contribution >= 0.6 is 0 Å². The SMILES string of the molecule is CC1CNCCC1=C(F)F. The number of hydrogen-bond donors (Lipinski definition) is 1. The summed E-state index contributed by atoms with van der Waals surface area (Å²) in [5, 5.41) is 3.05. The van der Waals surface area contributed by atoms with E-state index in [2.05, 4.69) is 5.32 Å². The number of rotatable bonds is 0. The Morgan fingerprint density at radius 1 is 1.60 bits per heavy atom. The summed E-state index contributed by atoms with van der Waals surface area (Å²) in [6, 6.07) is 0. The van der Waals surface area contributed by atoms with Crippen LogP contribution in [0.5, 0.6) is 0 Å². The smallest absolute Gasteiger partial charge is 0.269 e. The molecule has 0 aromatic carbocycles. The third-order valence-corrected chi connectivity index (χ3v) is 1.86. The van der Waals surface area contributed by atoms with E-state index in [0.29, 0.717) is 25.1 Å². The summed E-state index contributed by atoms with van der Waals surface area (Å²) in [6.45, 7) is 3.20. The average Bonchev–Trinajstić information content (AvgIpc) is 1.88. The Bertz CT molecular complexity index is 150. The molecule has 1 nitrogen and oxygen atoms in total. The molecule has 0 aromatic rings. The Morgan fingerprint density at radius 2 is 2.30 bits per heavy atom. The van der Waals surface area contributed by atoms with Gasteiger partial charge in [0.15, 0.2) is 0 Å². The summed E-state index contributed by atoms with van der Waals surface area (Å²) in [5.74, 6) is 0.0127. The van der Waals surface area contributed by atoms with Crippen molar-refractivity contribution in [1.82, 2.24) is 5.32 Å². The Morgan fingerprint density at radius 3 is 2.70 bits per heavy atom. The van der Waals surface area contributed by atoms with E-state index in [1.54, 1.807) is 0 Å². The fourth-order valence-corrected chi connectivity index (χ4v) is 1.19. The normalized spacial score (nSPS) is 26.7. The minimum absolute atomic E-state index is 0.0127. The number of nitrogens with one attached hydrogen (secondary N) is 1. The first-order valence-corrected chi connectivity index (χ1v) is 3.46.